The third-order valence-corrected chi connectivity index (χ3v) is 2.55. The summed E-state index contributed by atoms with van der Waals surface area (Å²) in [4.78, 5) is 3.93. The van der Waals surface area contributed by atoms with Gasteiger partial charge in [0.25, 0.3) is 0 Å². The maximum Gasteiger partial charge on any atom is 0.174 e. The predicted octanol–water partition coefficient (Wildman–Crippen LogP) is 0.374. The minimum absolute atomic E-state index is 0.00389. The molecule has 7 heteroatoms. The number of hydrogen-bond acceptors (Lipinski definition) is 5. The second kappa shape index (κ2) is 4.20. The molecule has 0 saturated heterocycles. The molecule has 2 heterocycles. The van der Waals surface area contributed by atoms with Crippen LogP contribution in [-0.4, -0.2) is 30.8 Å². The first-order valence-electron chi connectivity index (χ1n) is 4.95. The van der Waals surface area contributed by atoms with Gasteiger partial charge in [0.1, 0.15) is 6.33 Å². The zero-order valence-corrected chi connectivity index (χ0v) is 9.49. The molecule has 2 rings (SSSR count). The summed E-state index contributed by atoms with van der Waals surface area (Å²) < 4.78 is 1.66. The topological polar surface area (TPSA) is 102 Å². The number of hydrogen-bond donors (Lipinski definition) is 2. The third kappa shape index (κ3) is 1.82. The van der Waals surface area contributed by atoms with Gasteiger partial charge in [-0.3, -0.25) is 4.57 Å². The number of aromatic nitrogens is 4. The maximum absolute atomic E-state index is 8.82. The van der Waals surface area contributed by atoms with E-state index < -0.39 is 0 Å². The van der Waals surface area contributed by atoms with Crippen molar-refractivity contribution in [3.63, 3.8) is 0 Å². The molecule has 88 valence electrons. The van der Waals surface area contributed by atoms with Gasteiger partial charge in [-0.15, -0.1) is 5.10 Å². The Balaban J connectivity index is 2.72. The molecular weight excluding hydrogens is 220 g/mol. The van der Waals surface area contributed by atoms with E-state index in [9.17, 15) is 0 Å². The summed E-state index contributed by atoms with van der Waals surface area (Å²) in [5.74, 6) is 0.491. The molecule has 0 atom stereocenters. The molecule has 3 N–H and O–H groups in total. The predicted molar refractivity (Wildman–Crippen MR) is 61.1 cm³/mol. The molecule has 17 heavy (non-hydrogen) atoms. The molecule has 0 radical (unpaired) electrons. The van der Waals surface area contributed by atoms with Gasteiger partial charge < -0.3 is 10.9 Å². The quantitative estimate of drug-likeness (QED) is 0.337. The number of nitrogens with two attached hydrogens (primary N) is 1. The van der Waals surface area contributed by atoms with E-state index >= 15 is 0 Å². The van der Waals surface area contributed by atoms with Gasteiger partial charge in [0.05, 0.1) is 11.3 Å². The summed E-state index contributed by atoms with van der Waals surface area (Å²) in [5, 5.41) is 19.9. The molecule has 0 saturated carbocycles. The monoisotopic (exact) mass is 232 g/mol. The van der Waals surface area contributed by atoms with Crippen LogP contribution in [0.2, 0.25) is 0 Å². The molecule has 7 nitrogen and oxygen atoms in total. The van der Waals surface area contributed by atoms with E-state index in [4.69, 9.17) is 10.9 Å². The lowest BCUT2D eigenvalue weighted by molar-refractivity contribution is 0.318. The molecule has 2 aromatic rings. The number of oxime groups is 1. The molecule has 0 fully saturated rings. The van der Waals surface area contributed by atoms with Crippen molar-refractivity contribution in [1.82, 2.24) is 19.7 Å². The fraction of sp³-hybridized carbons (Fsp3) is 0.200. The van der Waals surface area contributed by atoms with Gasteiger partial charge in [-0.1, -0.05) is 5.16 Å². The van der Waals surface area contributed by atoms with Crippen molar-refractivity contribution in [1.29, 1.82) is 0 Å². The number of aryl methyl sites for hydroxylation is 1. The molecule has 0 amide bonds. The van der Waals surface area contributed by atoms with E-state index in [2.05, 4.69) is 20.3 Å². The molecule has 0 aliphatic rings. The Bertz CT molecular complexity index is 560. The van der Waals surface area contributed by atoms with Crippen molar-refractivity contribution in [2.24, 2.45) is 10.9 Å². The minimum atomic E-state index is 0.00389. The van der Waals surface area contributed by atoms with Crippen LogP contribution < -0.4 is 5.73 Å². The summed E-state index contributed by atoms with van der Waals surface area (Å²) in [6.07, 6.45) is 4.91. The largest absolute Gasteiger partial charge is 0.409 e. The molecule has 0 aliphatic carbocycles. The smallest absolute Gasteiger partial charge is 0.174 e. The van der Waals surface area contributed by atoms with E-state index in [-0.39, 0.29) is 5.84 Å². The molecule has 2 aromatic heterocycles. The first-order valence-corrected chi connectivity index (χ1v) is 4.95. The molecular formula is C10H12N6O. The van der Waals surface area contributed by atoms with Crippen LogP contribution in [0.5, 0.6) is 0 Å². The number of amidine groups is 1. The van der Waals surface area contributed by atoms with Crippen LogP contribution in [0.15, 0.2) is 23.9 Å². The van der Waals surface area contributed by atoms with Gasteiger partial charge in [-0.2, -0.15) is 5.10 Å². The van der Waals surface area contributed by atoms with E-state index in [0.717, 1.165) is 11.3 Å². The minimum Gasteiger partial charge on any atom is -0.409 e. The fourth-order valence-electron chi connectivity index (χ4n) is 1.52. The van der Waals surface area contributed by atoms with Crippen LogP contribution in [0.4, 0.5) is 0 Å². The SMILES string of the molecule is Cc1nnc(-n2ccnc2)c(/C(N)=N/O)c1C. The van der Waals surface area contributed by atoms with Gasteiger partial charge in [-0.25, -0.2) is 4.98 Å². The Kier molecular flexibility index (Phi) is 2.73. The Morgan fingerprint density at radius 1 is 1.41 bits per heavy atom. The summed E-state index contributed by atoms with van der Waals surface area (Å²) in [6, 6.07) is 0. The highest BCUT2D eigenvalue weighted by atomic mass is 16.4. The van der Waals surface area contributed by atoms with Gasteiger partial charge in [0.15, 0.2) is 11.7 Å². The molecule has 0 aromatic carbocycles. The van der Waals surface area contributed by atoms with Crippen molar-refractivity contribution >= 4 is 5.84 Å². The van der Waals surface area contributed by atoms with Gasteiger partial charge in [0.2, 0.25) is 0 Å². The average molecular weight is 232 g/mol. The van der Waals surface area contributed by atoms with Crippen LogP contribution >= 0.6 is 0 Å². The lowest BCUT2D eigenvalue weighted by Gasteiger charge is -2.11. The van der Waals surface area contributed by atoms with E-state index in [1.54, 1.807) is 23.3 Å². The Morgan fingerprint density at radius 2 is 2.18 bits per heavy atom. The first-order chi connectivity index (χ1) is 8.15. The van der Waals surface area contributed by atoms with Gasteiger partial charge in [-0.05, 0) is 19.4 Å². The van der Waals surface area contributed by atoms with E-state index in [1.165, 1.54) is 0 Å². The second-order valence-electron chi connectivity index (χ2n) is 3.56. The number of imidazole rings is 1. The standard InChI is InChI=1S/C10H12N6O/c1-6-7(2)13-14-10(8(6)9(11)15-17)16-4-3-12-5-16/h3-5,17H,1-2H3,(H2,11,15). The molecule has 0 bridgehead atoms. The summed E-state index contributed by atoms with van der Waals surface area (Å²) in [6.45, 7) is 3.66. The van der Waals surface area contributed by atoms with Crippen LogP contribution in [0, 0.1) is 13.8 Å². The zero-order valence-electron chi connectivity index (χ0n) is 9.49. The van der Waals surface area contributed by atoms with Crippen molar-refractivity contribution in [2.75, 3.05) is 0 Å². The van der Waals surface area contributed by atoms with Crippen LogP contribution in [0.3, 0.4) is 0 Å². The van der Waals surface area contributed by atoms with E-state index in [1.807, 2.05) is 13.8 Å². The highest BCUT2D eigenvalue weighted by Gasteiger charge is 2.16. The fourth-order valence-corrected chi connectivity index (χ4v) is 1.52. The van der Waals surface area contributed by atoms with Gasteiger partial charge in [0, 0.05) is 12.4 Å². The van der Waals surface area contributed by atoms with Crippen LogP contribution in [0.25, 0.3) is 5.82 Å². The number of rotatable bonds is 2. The number of nitrogens with zero attached hydrogens (tertiary/aromatic N) is 5. The molecule has 0 unspecified atom stereocenters. The Labute approximate surface area is 97.6 Å². The van der Waals surface area contributed by atoms with Crippen molar-refractivity contribution < 1.29 is 5.21 Å². The van der Waals surface area contributed by atoms with Crippen LogP contribution in [-0.2, 0) is 0 Å². The van der Waals surface area contributed by atoms with Crippen molar-refractivity contribution in [2.45, 2.75) is 13.8 Å². The Hall–Kier alpha value is -2.44. The third-order valence-electron chi connectivity index (χ3n) is 2.55. The van der Waals surface area contributed by atoms with Crippen molar-refractivity contribution in [3.8, 4) is 5.82 Å². The highest BCUT2D eigenvalue weighted by molar-refractivity contribution is 6.01. The molecule has 0 spiro atoms. The highest BCUT2D eigenvalue weighted by Crippen LogP contribution is 2.17. The lowest BCUT2D eigenvalue weighted by Crippen LogP contribution is -2.20. The second-order valence-corrected chi connectivity index (χ2v) is 3.56. The molecule has 0 aliphatic heterocycles. The zero-order chi connectivity index (χ0) is 12.4. The summed E-state index contributed by atoms with van der Waals surface area (Å²) >= 11 is 0. The maximum atomic E-state index is 8.82. The summed E-state index contributed by atoms with van der Waals surface area (Å²) in [7, 11) is 0. The normalized spacial score (nSPS) is 11.8. The lowest BCUT2D eigenvalue weighted by atomic mass is 10.1. The average Bonchev–Trinajstić information content (AvgIpc) is 2.85. The Morgan fingerprint density at radius 3 is 2.76 bits per heavy atom. The van der Waals surface area contributed by atoms with Crippen molar-refractivity contribution in [3.05, 3.63) is 35.5 Å². The van der Waals surface area contributed by atoms with Crippen LogP contribution in [0.1, 0.15) is 16.8 Å². The van der Waals surface area contributed by atoms with E-state index in [0.29, 0.717) is 11.4 Å². The van der Waals surface area contributed by atoms with Gasteiger partial charge >= 0.3 is 0 Å². The first kappa shape index (κ1) is 11.1. The summed E-state index contributed by atoms with van der Waals surface area (Å²) in [5.41, 5.74) is 7.77.